The summed E-state index contributed by atoms with van der Waals surface area (Å²) in [5, 5.41) is 3.64. The molecule has 0 aromatic rings. The van der Waals surface area contributed by atoms with E-state index in [2.05, 4.69) is 33.0 Å². The molecule has 110 valence electrons. The highest BCUT2D eigenvalue weighted by atomic mass is 16.5. The molecule has 0 fully saturated rings. The van der Waals surface area contributed by atoms with Crippen LogP contribution in [0.25, 0.3) is 0 Å². The summed E-state index contributed by atoms with van der Waals surface area (Å²) in [6.07, 6.45) is 8.97. The van der Waals surface area contributed by atoms with Crippen LogP contribution in [-0.4, -0.2) is 25.8 Å². The summed E-state index contributed by atoms with van der Waals surface area (Å²) in [7, 11) is 0. The van der Waals surface area contributed by atoms with Crippen LogP contribution < -0.4 is 5.32 Å². The van der Waals surface area contributed by atoms with Gasteiger partial charge in [-0.1, -0.05) is 53.4 Å². The Morgan fingerprint density at radius 2 is 1.78 bits per heavy atom. The van der Waals surface area contributed by atoms with E-state index >= 15 is 0 Å². The molecule has 0 aliphatic carbocycles. The lowest BCUT2D eigenvalue weighted by molar-refractivity contribution is 0.103. The molecule has 0 heterocycles. The molecule has 0 spiro atoms. The third-order valence-electron chi connectivity index (χ3n) is 3.51. The Kier molecular flexibility index (Phi) is 13.3. The van der Waals surface area contributed by atoms with Crippen molar-refractivity contribution in [1.29, 1.82) is 0 Å². The molecule has 0 saturated heterocycles. The Bertz CT molecular complexity index is 161. The predicted octanol–water partition coefficient (Wildman–Crippen LogP) is 4.39. The number of hydrogen-bond acceptors (Lipinski definition) is 2. The molecule has 0 bridgehead atoms. The first-order chi connectivity index (χ1) is 8.78. The molecule has 0 aliphatic heterocycles. The normalized spacial score (nSPS) is 14.7. The third kappa shape index (κ3) is 9.90. The summed E-state index contributed by atoms with van der Waals surface area (Å²) < 4.78 is 5.73. The Hall–Kier alpha value is -0.0800. The molecule has 0 saturated carbocycles. The third-order valence-corrected chi connectivity index (χ3v) is 3.51. The molecule has 0 aromatic heterocycles. The van der Waals surface area contributed by atoms with Crippen molar-refractivity contribution in [1.82, 2.24) is 5.32 Å². The Morgan fingerprint density at radius 3 is 2.33 bits per heavy atom. The van der Waals surface area contributed by atoms with Crippen LogP contribution in [0.1, 0.15) is 72.6 Å². The fourth-order valence-corrected chi connectivity index (χ4v) is 2.31. The Morgan fingerprint density at radius 1 is 1.00 bits per heavy atom. The van der Waals surface area contributed by atoms with Crippen molar-refractivity contribution < 1.29 is 4.74 Å². The molecular weight excluding hydrogens is 222 g/mol. The molecule has 2 atom stereocenters. The molecule has 18 heavy (non-hydrogen) atoms. The van der Waals surface area contributed by atoms with Crippen molar-refractivity contribution >= 4 is 0 Å². The zero-order valence-corrected chi connectivity index (χ0v) is 13.1. The van der Waals surface area contributed by atoms with Crippen LogP contribution in [-0.2, 0) is 4.74 Å². The van der Waals surface area contributed by atoms with Gasteiger partial charge >= 0.3 is 0 Å². The summed E-state index contributed by atoms with van der Waals surface area (Å²) in [6.45, 7) is 11.9. The largest absolute Gasteiger partial charge is 0.380 e. The van der Waals surface area contributed by atoms with Crippen LogP contribution >= 0.6 is 0 Å². The average Bonchev–Trinajstić information content (AvgIpc) is 2.40. The Labute approximate surface area is 115 Å². The van der Waals surface area contributed by atoms with Crippen LogP contribution in [0.3, 0.4) is 0 Å². The smallest absolute Gasteiger partial charge is 0.0619 e. The van der Waals surface area contributed by atoms with Gasteiger partial charge < -0.3 is 10.1 Å². The fourth-order valence-electron chi connectivity index (χ4n) is 2.31. The van der Waals surface area contributed by atoms with Crippen LogP contribution in [0.15, 0.2) is 0 Å². The molecular formula is C16H35NO. The molecule has 0 radical (unpaired) electrons. The minimum atomic E-state index is 0.554. The van der Waals surface area contributed by atoms with Crippen LogP contribution in [0.2, 0.25) is 0 Å². The second kappa shape index (κ2) is 13.4. The standard InChI is InChI=1S/C16H35NO/c1-5-9-10-15(8-4)13-16(17-11-6-2)14-18-12-7-3/h15-17H,5-14H2,1-4H3. The van der Waals surface area contributed by atoms with Crippen molar-refractivity contribution in [2.24, 2.45) is 5.92 Å². The number of hydrogen-bond donors (Lipinski definition) is 1. The minimum absolute atomic E-state index is 0.554. The van der Waals surface area contributed by atoms with Crippen molar-refractivity contribution in [2.45, 2.75) is 78.7 Å². The first-order valence-electron chi connectivity index (χ1n) is 8.09. The summed E-state index contributed by atoms with van der Waals surface area (Å²) in [6, 6.07) is 0.554. The summed E-state index contributed by atoms with van der Waals surface area (Å²) in [5.74, 6) is 0.865. The van der Waals surface area contributed by atoms with E-state index in [1.807, 2.05) is 0 Å². The lowest BCUT2D eigenvalue weighted by Crippen LogP contribution is -2.36. The van der Waals surface area contributed by atoms with E-state index < -0.39 is 0 Å². The van der Waals surface area contributed by atoms with Crippen LogP contribution in [0, 0.1) is 5.92 Å². The van der Waals surface area contributed by atoms with Gasteiger partial charge in [0.05, 0.1) is 6.61 Å². The molecule has 0 aliphatic rings. The van der Waals surface area contributed by atoms with Crippen LogP contribution in [0.4, 0.5) is 0 Å². The summed E-state index contributed by atoms with van der Waals surface area (Å²) in [5.41, 5.74) is 0. The Balaban J connectivity index is 3.99. The minimum Gasteiger partial charge on any atom is -0.380 e. The maximum Gasteiger partial charge on any atom is 0.0619 e. The molecule has 2 nitrogen and oxygen atoms in total. The highest BCUT2D eigenvalue weighted by Gasteiger charge is 2.14. The van der Waals surface area contributed by atoms with Crippen molar-refractivity contribution in [3.8, 4) is 0 Å². The van der Waals surface area contributed by atoms with E-state index in [0.717, 1.165) is 32.1 Å². The van der Waals surface area contributed by atoms with E-state index in [0.29, 0.717) is 6.04 Å². The van der Waals surface area contributed by atoms with E-state index in [4.69, 9.17) is 4.74 Å². The number of nitrogens with one attached hydrogen (secondary N) is 1. The van der Waals surface area contributed by atoms with Gasteiger partial charge in [0.2, 0.25) is 0 Å². The molecule has 0 rings (SSSR count). The lowest BCUT2D eigenvalue weighted by atomic mass is 9.92. The van der Waals surface area contributed by atoms with Gasteiger partial charge in [-0.2, -0.15) is 0 Å². The summed E-state index contributed by atoms with van der Waals surface area (Å²) in [4.78, 5) is 0. The van der Waals surface area contributed by atoms with Gasteiger partial charge in [0.1, 0.15) is 0 Å². The van der Waals surface area contributed by atoms with Crippen molar-refractivity contribution in [2.75, 3.05) is 19.8 Å². The van der Waals surface area contributed by atoms with Gasteiger partial charge in [-0.25, -0.2) is 0 Å². The van der Waals surface area contributed by atoms with E-state index in [9.17, 15) is 0 Å². The molecule has 2 heteroatoms. The molecule has 0 aromatic carbocycles. The van der Waals surface area contributed by atoms with Gasteiger partial charge in [0, 0.05) is 12.6 Å². The van der Waals surface area contributed by atoms with E-state index in [-0.39, 0.29) is 0 Å². The van der Waals surface area contributed by atoms with Gasteiger partial charge in [-0.3, -0.25) is 0 Å². The van der Waals surface area contributed by atoms with Gasteiger partial charge in [-0.05, 0) is 31.7 Å². The second-order valence-electron chi connectivity index (χ2n) is 5.38. The highest BCUT2D eigenvalue weighted by Crippen LogP contribution is 2.18. The average molecular weight is 257 g/mol. The molecule has 1 N–H and O–H groups in total. The SMILES string of the molecule is CCCCC(CC)CC(COCCC)NCCC. The molecule has 2 unspecified atom stereocenters. The lowest BCUT2D eigenvalue weighted by Gasteiger charge is -2.24. The van der Waals surface area contributed by atoms with E-state index in [1.165, 1.54) is 38.5 Å². The highest BCUT2D eigenvalue weighted by molar-refractivity contribution is 4.71. The second-order valence-corrected chi connectivity index (χ2v) is 5.38. The summed E-state index contributed by atoms with van der Waals surface area (Å²) >= 11 is 0. The number of rotatable bonds is 13. The zero-order valence-electron chi connectivity index (χ0n) is 13.1. The number of ether oxygens (including phenoxy) is 1. The van der Waals surface area contributed by atoms with Gasteiger partial charge in [0.25, 0.3) is 0 Å². The van der Waals surface area contributed by atoms with Gasteiger partial charge in [0.15, 0.2) is 0 Å². The predicted molar refractivity (Wildman–Crippen MR) is 81.1 cm³/mol. The monoisotopic (exact) mass is 257 g/mol. The zero-order chi connectivity index (χ0) is 13.6. The number of unbranched alkanes of at least 4 members (excludes halogenated alkanes) is 1. The maximum absolute atomic E-state index is 5.73. The first kappa shape index (κ1) is 17.9. The fraction of sp³-hybridized carbons (Fsp3) is 1.00. The molecule has 0 amide bonds. The van der Waals surface area contributed by atoms with Crippen LogP contribution in [0.5, 0.6) is 0 Å². The first-order valence-corrected chi connectivity index (χ1v) is 8.09. The van der Waals surface area contributed by atoms with Gasteiger partial charge in [-0.15, -0.1) is 0 Å². The van der Waals surface area contributed by atoms with Crippen molar-refractivity contribution in [3.05, 3.63) is 0 Å². The topological polar surface area (TPSA) is 21.3 Å². The maximum atomic E-state index is 5.73. The quantitative estimate of drug-likeness (QED) is 0.494. The van der Waals surface area contributed by atoms with Crippen molar-refractivity contribution in [3.63, 3.8) is 0 Å². The van der Waals surface area contributed by atoms with E-state index in [1.54, 1.807) is 0 Å².